The number of nitrogens with zero attached hydrogens (tertiary/aromatic N) is 1. The van der Waals surface area contributed by atoms with E-state index in [4.69, 9.17) is 0 Å². The Morgan fingerprint density at radius 1 is 0.947 bits per heavy atom. The molecule has 0 unspecified atom stereocenters. The van der Waals surface area contributed by atoms with Crippen molar-refractivity contribution in [2.45, 2.75) is 64.3 Å². The van der Waals surface area contributed by atoms with Crippen molar-refractivity contribution in [2.75, 3.05) is 26.7 Å². The van der Waals surface area contributed by atoms with Gasteiger partial charge in [0.15, 0.2) is 0 Å². The summed E-state index contributed by atoms with van der Waals surface area (Å²) in [7, 11) is 2.37. The fourth-order valence-electron chi connectivity index (χ4n) is 3.90. The first-order valence-electron chi connectivity index (χ1n) is 8.20. The van der Waals surface area contributed by atoms with Crippen molar-refractivity contribution < 1.29 is 0 Å². The maximum atomic E-state index is 3.47. The highest BCUT2D eigenvalue weighted by molar-refractivity contribution is 5.85. The standard InChI is InChI=1S/C16H32N2.ClH/c1-3-4-14-5-7-16(8-6-14)18(2)13-15-9-11-17-12-10-15;/h14-17H,3-13H2,1-2H3;1H. The molecule has 1 N–H and O–H groups in total. The smallest absolute Gasteiger partial charge is 0.00925 e. The van der Waals surface area contributed by atoms with E-state index in [-0.39, 0.29) is 12.4 Å². The minimum absolute atomic E-state index is 0. The molecule has 2 nitrogen and oxygen atoms in total. The third kappa shape index (κ3) is 5.61. The van der Waals surface area contributed by atoms with Crippen LogP contribution < -0.4 is 5.32 Å². The van der Waals surface area contributed by atoms with Gasteiger partial charge < -0.3 is 10.2 Å². The molecule has 1 saturated carbocycles. The van der Waals surface area contributed by atoms with E-state index in [9.17, 15) is 0 Å². The third-order valence-electron chi connectivity index (χ3n) is 5.14. The van der Waals surface area contributed by atoms with E-state index in [1.54, 1.807) is 0 Å². The highest BCUT2D eigenvalue weighted by atomic mass is 35.5. The summed E-state index contributed by atoms with van der Waals surface area (Å²) in [4.78, 5) is 2.68. The van der Waals surface area contributed by atoms with Gasteiger partial charge in [-0.25, -0.2) is 0 Å². The van der Waals surface area contributed by atoms with E-state index in [1.165, 1.54) is 71.0 Å². The van der Waals surface area contributed by atoms with Crippen molar-refractivity contribution in [3.8, 4) is 0 Å². The van der Waals surface area contributed by atoms with Crippen LogP contribution in [-0.4, -0.2) is 37.6 Å². The quantitative estimate of drug-likeness (QED) is 0.830. The zero-order chi connectivity index (χ0) is 12.8. The molecule has 0 bridgehead atoms. The average Bonchev–Trinajstić information content (AvgIpc) is 2.41. The van der Waals surface area contributed by atoms with Crippen LogP contribution in [0.1, 0.15) is 58.3 Å². The molecule has 2 fully saturated rings. The molecule has 1 aliphatic carbocycles. The van der Waals surface area contributed by atoms with Crippen LogP contribution in [0, 0.1) is 11.8 Å². The maximum absolute atomic E-state index is 3.47. The molecule has 0 atom stereocenters. The van der Waals surface area contributed by atoms with Gasteiger partial charge in [-0.15, -0.1) is 12.4 Å². The van der Waals surface area contributed by atoms with Gasteiger partial charge in [0.05, 0.1) is 0 Å². The largest absolute Gasteiger partial charge is 0.317 e. The van der Waals surface area contributed by atoms with Gasteiger partial charge in [0.1, 0.15) is 0 Å². The number of hydrogen-bond acceptors (Lipinski definition) is 2. The Labute approximate surface area is 126 Å². The van der Waals surface area contributed by atoms with E-state index in [1.807, 2.05) is 0 Å². The van der Waals surface area contributed by atoms with E-state index in [0.717, 1.165) is 17.9 Å². The van der Waals surface area contributed by atoms with Crippen molar-refractivity contribution in [1.82, 2.24) is 10.2 Å². The van der Waals surface area contributed by atoms with Gasteiger partial charge in [-0.2, -0.15) is 0 Å². The lowest BCUT2D eigenvalue weighted by Gasteiger charge is -2.37. The molecule has 0 amide bonds. The van der Waals surface area contributed by atoms with Crippen LogP contribution in [-0.2, 0) is 0 Å². The van der Waals surface area contributed by atoms with Crippen LogP contribution in [0.2, 0.25) is 0 Å². The highest BCUT2D eigenvalue weighted by Gasteiger charge is 2.25. The maximum Gasteiger partial charge on any atom is 0.00925 e. The average molecular weight is 289 g/mol. The summed E-state index contributed by atoms with van der Waals surface area (Å²) in [5, 5.41) is 3.47. The fraction of sp³-hybridized carbons (Fsp3) is 1.00. The molecule has 2 aliphatic rings. The summed E-state index contributed by atoms with van der Waals surface area (Å²) in [6, 6.07) is 0.882. The Hall–Kier alpha value is 0.210. The van der Waals surface area contributed by atoms with Crippen molar-refractivity contribution in [1.29, 1.82) is 0 Å². The Morgan fingerprint density at radius 2 is 1.58 bits per heavy atom. The van der Waals surface area contributed by atoms with Gasteiger partial charge >= 0.3 is 0 Å². The monoisotopic (exact) mass is 288 g/mol. The SMILES string of the molecule is CCCC1CCC(N(C)CC2CCNCC2)CC1.Cl. The second kappa shape index (κ2) is 9.20. The minimum Gasteiger partial charge on any atom is -0.317 e. The van der Waals surface area contributed by atoms with Crippen LogP contribution in [0.25, 0.3) is 0 Å². The summed E-state index contributed by atoms with van der Waals surface area (Å²) in [6.07, 6.45) is 11.5. The summed E-state index contributed by atoms with van der Waals surface area (Å²) in [6.45, 7) is 6.14. The van der Waals surface area contributed by atoms with Crippen molar-refractivity contribution in [3.63, 3.8) is 0 Å². The predicted molar refractivity (Wildman–Crippen MR) is 86.1 cm³/mol. The molecule has 0 radical (unpaired) electrons. The summed E-state index contributed by atoms with van der Waals surface area (Å²) < 4.78 is 0. The van der Waals surface area contributed by atoms with E-state index in [0.29, 0.717) is 0 Å². The Balaban J connectivity index is 0.00000180. The normalized spacial score (nSPS) is 29.2. The van der Waals surface area contributed by atoms with Crippen molar-refractivity contribution in [3.05, 3.63) is 0 Å². The van der Waals surface area contributed by atoms with Gasteiger partial charge in [0, 0.05) is 12.6 Å². The van der Waals surface area contributed by atoms with Gasteiger partial charge in [-0.1, -0.05) is 19.8 Å². The second-order valence-corrected chi connectivity index (χ2v) is 6.60. The molecule has 0 aromatic heterocycles. The molecule has 19 heavy (non-hydrogen) atoms. The third-order valence-corrected chi connectivity index (χ3v) is 5.14. The fourth-order valence-corrected chi connectivity index (χ4v) is 3.90. The van der Waals surface area contributed by atoms with Gasteiger partial charge in [-0.3, -0.25) is 0 Å². The molecule has 2 rings (SSSR count). The van der Waals surface area contributed by atoms with E-state index < -0.39 is 0 Å². The molecule has 0 aromatic rings. The Kier molecular flexibility index (Phi) is 8.36. The predicted octanol–water partition coefficient (Wildman–Crippen LogP) is 3.70. The molecule has 114 valence electrons. The Bertz CT molecular complexity index is 221. The molecule has 1 heterocycles. The lowest BCUT2D eigenvalue weighted by atomic mass is 9.82. The number of piperidine rings is 1. The van der Waals surface area contributed by atoms with Gasteiger partial charge in [0.25, 0.3) is 0 Å². The van der Waals surface area contributed by atoms with Crippen LogP contribution in [0.3, 0.4) is 0 Å². The molecule has 1 aliphatic heterocycles. The van der Waals surface area contributed by atoms with E-state index >= 15 is 0 Å². The number of hydrogen-bond donors (Lipinski definition) is 1. The summed E-state index contributed by atoms with van der Waals surface area (Å²) in [5.41, 5.74) is 0. The molecule has 0 aromatic carbocycles. The number of nitrogens with one attached hydrogen (secondary N) is 1. The summed E-state index contributed by atoms with van der Waals surface area (Å²) in [5.74, 6) is 1.99. The van der Waals surface area contributed by atoms with Gasteiger partial charge in [-0.05, 0) is 70.5 Å². The number of rotatable bonds is 5. The topological polar surface area (TPSA) is 15.3 Å². The lowest BCUT2D eigenvalue weighted by Crippen LogP contribution is -2.40. The zero-order valence-corrected chi connectivity index (χ0v) is 13.7. The van der Waals surface area contributed by atoms with Gasteiger partial charge in [0.2, 0.25) is 0 Å². The first-order chi connectivity index (χ1) is 8.79. The molecular formula is C16H33ClN2. The van der Waals surface area contributed by atoms with Crippen LogP contribution >= 0.6 is 12.4 Å². The highest BCUT2D eigenvalue weighted by Crippen LogP contribution is 2.30. The second-order valence-electron chi connectivity index (χ2n) is 6.60. The Morgan fingerprint density at radius 3 is 2.16 bits per heavy atom. The summed E-state index contributed by atoms with van der Waals surface area (Å²) >= 11 is 0. The first-order valence-corrected chi connectivity index (χ1v) is 8.20. The molecule has 1 saturated heterocycles. The first kappa shape index (κ1) is 17.3. The zero-order valence-electron chi connectivity index (χ0n) is 12.9. The van der Waals surface area contributed by atoms with Crippen molar-refractivity contribution >= 4 is 12.4 Å². The lowest BCUT2D eigenvalue weighted by molar-refractivity contribution is 0.133. The van der Waals surface area contributed by atoms with Crippen LogP contribution in [0.4, 0.5) is 0 Å². The molecule has 0 spiro atoms. The molecule has 3 heteroatoms. The van der Waals surface area contributed by atoms with E-state index in [2.05, 4.69) is 24.2 Å². The number of halogens is 1. The minimum atomic E-state index is 0. The van der Waals surface area contributed by atoms with Crippen molar-refractivity contribution in [2.24, 2.45) is 11.8 Å². The van der Waals surface area contributed by atoms with Crippen LogP contribution in [0.5, 0.6) is 0 Å². The molecular weight excluding hydrogens is 256 g/mol. The van der Waals surface area contributed by atoms with Crippen LogP contribution in [0.15, 0.2) is 0 Å².